The van der Waals surface area contributed by atoms with Gasteiger partial charge in [0, 0.05) is 51.9 Å². The molecule has 1 atom stereocenters. The zero-order valence-corrected chi connectivity index (χ0v) is 13.2. The monoisotopic (exact) mass is 291 g/mol. The fourth-order valence-corrected chi connectivity index (χ4v) is 3.51. The molecule has 0 amide bonds. The Kier molecular flexibility index (Phi) is 4.57. The van der Waals surface area contributed by atoms with Crippen molar-refractivity contribution in [3.05, 3.63) is 35.1 Å². The van der Waals surface area contributed by atoms with Crippen LogP contribution in [0.5, 0.6) is 0 Å². The Hall–Kier alpha value is -0.970. The molecule has 0 N–H and O–H groups in total. The molecule has 0 bridgehead atoms. The van der Waals surface area contributed by atoms with Crippen molar-refractivity contribution in [2.45, 2.75) is 25.9 Å². The van der Waals surface area contributed by atoms with Crippen LogP contribution in [0.1, 0.15) is 17.5 Å². The molecule has 0 aromatic heterocycles. The quantitative estimate of drug-likeness (QED) is 0.843. The van der Waals surface area contributed by atoms with Crippen LogP contribution in [0.3, 0.4) is 0 Å². The second-order valence-electron chi connectivity index (χ2n) is 6.54. The minimum absolute atomic E-state index is 0.0812. The summed E-state index contributed by atoms with van der Waals surface area (Å²) in [5, 5.41) is 0. The van der Waals surface area contributed by atoms with Gasteiger partial charge in [0.05, 0.1) is 0 Å². The maximum Gasteiger partial charge on any atom is 0.126 e. The molecule has 4 heteroatoms. The lowest BCUT2D eigenvalue weighted by atomic mass is 10.1. The van der Waals surface area contributed by atoms with Gasteiger partial charge in [0.15, 0.2) is 0 Å². The van der Waals surface area contributed by atoms with Crippen molar-refractivity contribution in [3.8, 4) is 0 Å². The molecule has 2 fully saturated rings. The smallest absolute Gasteiger partial charge is 0.126 e. The van der Waals surface area contributed by atoms with Crippen LogP contribution in [0, 0.1) is 12.7 Å². The van der Waals surface area contributed by atoms with Crippen LogP contribution in [-0.2, 0) is 6.54 Å². The average molecular weight is 291 g/mol. The molecule has 2 saturated heterocycles. The SMILES string of the molecule is Cc1c(F)cccc1CN1CCC(N2CCN(C)CC2)C1. The van der Waals surface area contributed by atoms with Crippen LogP contribution in [0.4, 0.5) is 4.39 Å². The average Bonchev–Trinajstić information content (AvgIpc) is 2.93. The van der Waals surface area contributed by atoms with Crippen molar-refractivity contribution in [2.75, 3.05) is 46.3 Å². The highest BCUT2D eigenvalue weighted by Gasteiger charge is 2.29. The van der Waals surface area contributed by atoms with Gasteiger partial charge in [0.1, 0.15) is 5.82 Å². The Bertz CT molecular complexity index is 483. The molecule has 0 aliphatic carbocycles. The summed E-state index contributed by atoms with van der Waals surface area (Å²) in [6.45, 7) is 9.76. The summed E-state index contributed by atoms with van der Waals surface area (Å²) in [5.74, 6) is -0.0812. The largest absolute Gasteiger partial charge is 0.304 e. The van der Waals surface area contributed by atoms with Crippen molar-refractivity contribution in [1.82, 2.24) is 14.7 Å². The summed E-state index contributed by atoms with van der Waals surface area (Å²) in [5.41, 5.74) is 1.94. The number of piperazine rings is 1. The Morgan fingerprint density at radius 3 is 2.67 bits per heavy atom. The first kappa shape index (κ1) is 14.9. The fourth-order valence-electron chi connectivity index (χ4n) is 3.51. The summed E-state index contributed by atoms with van der Waals surface area (Å²) in [4.78, 5) is 7.52. The number of rotatable bonds is 3. The number of benzene rings is 1. The summed E-state index contributed by atoms with van der Waals surface area (Å²) in [6.07, 6.45) is 1.25. The number of halogens is 1. The van der Waals surface area contributed by atoms with Gasteiger partial charge in [-0.3, -0.25) is 9.80 Å². The molecule has 0 saturated carbocycles. The molecule has 0 spiro atoms. The minimum atomic E-state index is -0.0812. The van der Waals surface area contributed by atoms with Gasteiger partial charge < -0.3 is 4.90 Å². The third-order valence-corrected chi connectivity index (χ3v) is 5.08. The van der Waals surface area contributed by atoms with Gasteiger partial charge >= 0.3 is 0 Å². The lowest BCUT2D eigenvalue weighted by Gasteiger charge is -2.36. The van der Waals surface area contributed by atoms with Crippen LogP contribution in [0.2, 0.25) is 0 Å². The number of likely N-dealkylation sites (tertiary alicyclic amines) is 1. The zero-order valence-electron chi connectivity index (χ0n) is 13.2. The van der Waals surface area contributed by atoms with Crippen LogP contribution >= 0.6 is 0 Å². The van der Waals surface area contributed by atoms with Crippen LogP contribution in [-0.4, -0.2) is 67.1 Å². The highest BCUT2D eigenvalue weighted by atomic mass is 19.1. The van der Waals surface area contributed by atoms with Gasteiger partial charge in [0.25, 0.3) is 0 Å². The van der Waals surface area contributed by atoms with Crippen LogP contribution in [0.15, 0.2) is 18.2 Å². The number of hydrogen-bond donors (Lipinski definition) is 0. The van der Waals surface area contributed by atoms with Crippen molar-refractivity contribution >= 4 is 0 Å². The van der Waals surface area contributed by atoms with E-state index in [9.17, 15) is 4.39 Å². The molecule has 21 heavy (non-hydrogen) atoms. The second kappa shape index (κ2) is 6.42. The topological polar surface area (TPSA) is 9.72 Å². The number of hydrogen-bond acceptors (Lipinski definition) is 3. The molecule has 0 radical (unpaired) electrons. The fraction of sp³-hybridized carbons (Fsp3) is 0.647. The molecule has 3 nitrogen and oxygen atoms in total. The van der Waals surface area contributed by atoms with Gasteiger partial charge in [-0.15, -0.1) is 0 Å². The molecule has 1 aromatic rings. The first-order chi connectivity index (χ1) is 10.1. The summed E-state index contributed by atoms with van der Waals surface area (Å²) >= 11 is 0. The Labute approximate surface area is 127 Å². The van der Waals surface area contributed by atoms with E-state index in [1.165, 1.54) is 32.6 Å². The predicted molar refractivity (Wildman–Crippen MR) is 83.9 cm³/mol. The van der Waals surface area contributed by atoms with E-state index in [1.807, 2.05) is 13.0 Å². The standard InChI is InChI=1S/C17H26FN3/c1-14-15(4-3-5-17(14)18)12-20-7-6-16(13-20)21-10-8-19(2)9-11-21/h3-5,16H,6-13H2,1-2H3. The Morgan fingerprint density at radius 1 is 1.14 bits per heavy atom. The Balaban J connectivity index is 1.56. The van der Waals surface area contributed by atoms with Gasteiger partial charge in [-0.2, -0.15) is 0 Å². The van der Waals surface area contributed by atoms with E-state index in [0.717, 1.165) is 30.8 Å². The third kappa shape index (κ3) is 3.44. The minimum Gasteiger partial charge on any atom is -0.304 e. The highest BCUT2D eigenvalue weighted by molar-refractivity contribution is 5.27. The molecule has 3 rings (SSSR count). The van der Waals surface area contributed by atoms with E-state index in [4.69, 9.17) is 0 Å². The molecule has 116 valence electrons. The maximum absolute atomic E-state index is 13.6. The first-order valence-corrected chi connectivity index (χ1v) is 8.02. The molecule has 2 heterocycles. The summed E-state index contributed by atoms with van der Waals surface area (Å²) < 4.78 is 13.6. The van der Waals surface area contributed by atoms with Crippen molar-refractivity contribution in [3.63, 3.8) is 0 Å². The molecule has 2 aliphatic rings. The van der Waals surface area contributed by atoms with E-state index >= 15 is 0 Å². The third-order valence-electron chi connectivity index (χ3n) is 5.08. The predicted octanol–water partition coefficient (Wildman–Crippen LogP) is 1.96. The first-order valence-electron chi connectivity index (χ1n) is 8.02. The van der Waals surface area contributed by atoms with Crippen LogP contribution < -0.4 is 0 Å². The Morgan fingerprint density at radius 2 is 1.90 bits per heavy atom. The molecule has 2 aliphatic heterocycles. The van der Waals surface area contributed by atoms with Gasteiger partial charge in [0.2, 0.25) is 0 Å². The van der Waals surface area contributed by atoms with Crippen molar-refractivity contribution in [2.24, 2.45) is 0 Å². The lowest BCUT2D eigenvalue weighted by Crippen LogP contribution is -2.49. The van der Waals surface area contributed by atoms with E-state index in [1.54, 1.807) is 6.07 Å². The molecule has 1 unspecified atom stereocenters. The molecular weight excluding hydrogens is 265 g/mol. The summed E-state index contributed by atoms with van der Waals surface area (Å²) in [6, 6.07) is 6.12. The lowest BCUT2D eigenvalue weighted by molar-refractivity contribution is 0.112. The maximum atomic E-state index is 13.6. The van der Waals surface area contributed by atoms with E-state index in [2.05, 4.69) is 27.8 Å². The normalized spacial score (nSPS) is 25.6. The molecule has 1 aromatic carbocycles. The molecular formula is C17H26FN3. The van der Waals surface area contributed by atoms with E-state index < -0.39 is 0 Å². The van der Waals surface area contributed by atoms with Gasteiger partial charge in [-0.25, -0.2) is 4.39 Å². The second-order valence-corrected chi connectivity index (χ2v) is 6.54. The van der Waals surface area contributed by atoms with E-state index in [0.29, 0.717) is 6.04 Å². The number of nitrogens with zero attached hydrogens (tertiary/aromatic N) is 3. The van der Waals surface area contributed by atoms with E-state index in [-0.39, 0.29) is 5.82 Å². The van der Waals surface area contributed by atoms with Crippen molar-refractivity contribution < 1.29 is 4.39 Å². The van der Waals surface area contributed by atoms with Gasteiger partial charge in [-0.1, -0.05) is 12.1 Å². The zero-order chi connectivity index (χ0) is 14.8. The highest BCUT2D eigenvalue weighted by Crippen LogP contribution is 2.21. The van der Waals surface area contributed by atoms with Crippen molar-refractivity contribution in [1.29, 1.82) is 0 Å². The summed E-state index contributed by atoms with van der Waals surface area (Å²) in [7, 11) is 2.20. The number of likely N-dealkylation sites (N-methyl/N-ethyl adjacent to an activating group) is 1. The van der Waals surface area contributed by atoms with Crippen LogP contribution in [0.25, 0.3) is 0 Å². The van der Waals surface area contributed by atoms with Gasteiger partial charge in [-0.05, 0) is 37.6 Å².